The lowest BCUT2D eigenvalue weighted by molar-refractivity contribution is -0.0905. The number of methoxy groups -OCH3 is 1. The number of ether oxygens (including phenoxy) is 2. The van der Waals surface area contributed by atoms with Crippen LogP contribution in [0.25, 0.3) is 0 Å². The summed E-state index contributed by atoms with van der Waals surface area (Å²) in [7, 11) is 1.66. The van der Waals surface area contributed by atoms with Crippen molar-refractivity contribution in [1.82, 2.24) is 0 Å². The summed E-state index contributed by atoms with van der Waals surface area (Å²) >= 11 is 5.38. The molecule has 0 saturated heterocycles. The molecule has 0 aliphatic rings. The van der Waals surface area contributed by atoms with Crippen LogP contribution in [-0.4, -0.2) is 24.9 Å². The van der Waals surface area contributed by atoms with Gasteiger partial charge in [-0.05, 0) is 20.8 Å². The Morgan fingerprint density at radius 2 is 2.00 bits per heavy atom. The molecule has 3 heteroatoms. The van der Waals surface area contributed by atoms with Crippen molar-refractivity contribution in [2.45, 2.75) is 32.5 Å². The molecule has 2 nitrogen and oxygen atoms in total. The van der Waals surface area contributed by atoms with E-state index in [9.17, 15) is 0 Å². The van der Waals surface area contributed by atoms with Crippen LogP contribution < -0.4 is 0 Å². The number of hydrogen-bond donors (Lipinski definition) is 0. The van der Waals surface area contributed by atoms with E-state index in [1.807, 2.05) is 20.8 Å². The lowest BCUT2D eigenvalue weighted by Crippen LogP contribution is -2.37. The minimum absolute atomic E-state index is 0.0231. The molecule has 0 saturated carbocycles. The minimum atomic E-state index is -0.255. The highest BCUT2D eigenvalue weighted by Gasteiger charge is 2.25. The van der Waals surface area contributed by atoms with Crippen LogP contribution in [0.3, 0.4) is 0 Å². The summed E-state index contributed by atoms with van der Waals surface area (Å²) < 4.78 is 10.3. The third-order valence-corrected chi connectivity index (χ3v) is 1.94. The molecule has 1 unspecified atom stereocenters. The fraction of sp³-hybridized carbons (Fsp3) is 1.00. The van der Waals surface area contributed by atoms with Crippen LogP contribution >= 0.6 is 11.6 Å². The molecule has 0 radical (unpaired) electrons. The molecule has 0 aliphatic carbocycles. The van der Waals surface area contributed by atoms with E-state index < -0.39 is 0 Å². The first kappa shape index (κ1) is 10.2. The first-order valence-electron chi connectivity index (χ1n) is 3.27. The van der Waals surface area contributed by atoms with Crippen LogP contribution in [-0.2, 0) is 9.47 Å². The van der Waals surface area contributed by atoms with E-state index in [1.54, 1.807) is 7.11 Å². The van der Waals surface area contributed by atoms with E-state index in [-0.39, 0.29) is 17.8 Å². The maximum absolute atomic E-state index is 5.38. The summed E-state index contributed by atoms with van der Waals surface area (Å²) in [5.41, 5.74) is -0.255. The summed E-state index contributed by atoms with van der Waals surface area (Å²) in [4.78, 5) is 0. The van der Waals surface area contributed by atoms with Crippen molar-refractivity contribution in [2.75, 3.05) is 13.2 Å². The van der Waals surface area contributed by atoms with Crippen molar-refractivity contribution in [1.29, 1.82) is 0 Å². The summed E-state index contributed by atoms with van der Waals surface area (Å²) in [5.74, 6) is 0. The minimum Gasteiger partial charge on any atom is -0.376 e. The van der Waals surface area contributed by atoms with Gasteiger partial charge in [0.05, 0.1) is 11.7 Å². The Morgan fingerprint density at radius 1 is 1.50 bits per heavy atom. The molecule has 62 valence electrons. The predicted octanol–water partition coefficient (Wildman–Crippen LogP) is 2.01. The molecule has 0 N–H and O–H groups in total. The average Bonchev–Trinajstić information content (AvgIpc) is 1.89. The van der Waals surface area contributed by atoms with Crippen LogP contribution in [0.5, 0.6) is 0 Å². The van der Waals surface area contributed by atoms with Gasteiger partial charge in [-0.15, -0.1) is 0 Å². The van der Waals surface area contributed by atoms with Crippen molar-refractivity contribution in [3.05, 3.63) is 0 Å². The van der Waals surface area contributed by atoms with Crippen LogP contribution in [0, 0.1) is 0 Å². The molecule has 0 aromatic carbocycles. The summed E-state index contributed by atoms with van der Waals surface area (Å²) in [6, 6.07) is 0.216. The summed E-state index contributed by atoms with van der Waals surface area (Å²) in [5, 5.41) is 0. The third-order valence-electron chi connectivity index (χ3n) is 1.82. The van der Waals surface area contributed by atoms with E-state index in [0.29, 0.717) is 0 Å². The molecular weight excluding hydrogens is 152 g/mol. The fourth-order valence-corrected chi connectivity index (χ4v) is 0.650. The Morgan fingerprint density at radius 3 is 2.30 bits per heavy atom. The van der Waals surface area contributed by atoms with Crippen molar-refractivity contribution < 1.29 is 9.47 Å². The van der Waals surface area contributed by atoms with Gasteiger partial charge in [0.15, 0.2) is 0 Å². The lowest BCUT2D eigenvalue weighted by Gasteiger charge is -2.29. The monoisotopic (exact) mass is 166 g/mol. The summed E-state index contributed by atoms with van der Waals surface area (Å²) in [6.07, 6.45) is 0.0231. The number of hydrogen-bond acceptors (Lipinski definition) is 2. The molecule has 0 amide bonds. The largest absolute Gasteiger partial charge is 0.376 e. The van der Waals surface area contributed by atoms with Gasteiger partial charge >= 0.3 is 0 Å². The highest BCUT2D eigenvalue weighted by molar-refractivity contribution is 6.17. The molecule has 0 aliphatic heterocycles. The normalized spacial score (nSPS) is 15.3. The first-order chi connectivity index (χ1) is 4.54. The molecule has 0 bridgehead atoms. The van der Waals surface area contributed by atoms with Crippen molar-refractivity contribution in [2.24, 2.45) is 0 Å². The van der Waals surface area contributed by atoms with E-state index in [1.165, 1.54) is 0 Å². The van der Waals surface area contributed by atoms with Gasteiger partial charge in [0.25, 0.3) is 0 Å². The zero-order chi connectivity index (χ0) is 8.20. The quantitative estimate of drug-likeness (QED) is 0.595. The number of alkyl halides is 1. The second kappa shape index (κ2) is 4.16. The Balaban J connectivity index is 3.78. The Hall–Kier alpha value is 0.210. The molecule has 0 spiro atoms. The molecule has 0 rings (SSSR count). The van der Waals surface area contributed by atoms with E-state index in [4.69, 9.17) is 21.1 Å². The number of halogens is 1. The second-order valence-electron chi connectivity index (χ2n) is 2.73. The molecule has 1 atom stereocenters. The molecule has 10 heavy (non-hydrogen) atoms. The van der Waals surface area contributed by atoms with E-state index >= 15 is 0 Å². The van der Waals surface area contributed by atoms with Crippen LogP contribution in [0.15, 0.2) is 0 Å². The highest BCUT2D eigenvalue weighted by atomic mass is 35.5. The van der Waals surface area contributed by atoms with Gasteiger partial charge in [-0.2, -0.15) is 0 Å². The van der Waals surface area contributed by atoms with E-state index in [2.05, 4.69) is 0 Å². The van der Waals surface area contributed by atoms with Crippen molar-refractivity contribution >= 4 is 11.6 Å². The maximum Gasteiger partial charge on any atom is 0.121 e. The smallest absolute Gasteiger partial charge is 0.121 e. The van der Waals surface area contributed by atoms with Gasteiger partial charge in [0, 0.05) is 7.11 Å². The van der Waals surface area contributed by atoms with Gasteiger partial charge in [0.1, 0.15) is 6.07 Å². The topological polar surface area (TPSA) is 18.5 Å². The highest BCUT2D eigenvalue weighted by Crippen LogP contribution is 2.16. The van der Waals surface area contributed by atoms with Gasteiger partial charge < -0.3 is 9.47 Å². The molecular formula is C7H15ClO2. The van der Waals surface area contributed by atoms with Gasteiger partial charge in [0.2, 0.25) is 0 Å². The zero-order valence-corrected chi connectivity index (χ0v) is 7.73. The van der Waals surface area contributed by atoms with Crippen LogP contribution in [0.2, 0.25) is 0 Å². The Bertz CT molecular complexity index is 93.6. The molecule has 0 aromatic rings. The molecule has 0 aromatic heterocycles. The number of rotatable bonds is 4. The Kier molecular flexibility index (Phi) is 4.25. The van der Waals surface area contributed by atoms with Gasteiger partial charge in [-0.1, -0.05) is 11.6 Å². The molecule has 0 fully saturated rings. The summed E-state index contributed by atoms with van der Waals surface area (Å²) in [6.45, 7) is 5.86. The molecule has 0 heterocycles. The van der Waals surface area contributed by atoms with Gasteiger partial charge in [-0.25, -0.2) is 0 Å². The third kappa shape index (κ3) is 2.86. The standard InChI is InChI=1S/C7H15ClO2/c1-6(10-5-8)7(2,3)9-4/h6H,5H2,1-4H3. The zero-order valence-electron chi connectivity index (χ0n) is 6.98. The van der Waals surface area contributed by atoms with E-state index in [0.717, 1.165) is 0 Å². The fourth-order valence-electron chi connectivity index (χ4n) is 0.461. The maximum atomic E-state index is 5.38. The van der Waals surface area contributed by atoms with Crippen molar-refractivity contribution in [3.63, 3.8) is 0 Å². The van der Waals surface area contributed by atoms with Gasteiger partial charge in [-0.3, -0.25) is 0 Å². The van der Waals surface area contributed by atoms with Crippen molar-refractivity contribution in [3.8, 4) is 0 Å². The second-order valence-corrected chi connectivity index (χ2v) is 2.94. The lowest BCUT2D eigenvalue weighted by atomic mass is 10.0. The van der Waals surface area contributed by atoms with Crippen LogP contribution in [0.1, 0.15) is 20.8 Å². The predicted molar refractivity (Wildman–Crippen MR) is 42.4 cm³/mol. The van der Waals surface area contributed by atoms with Crippen LogP contribution in [0.4, 0.5) is 0 Å². The SMILES string of the molecule is COC(C)(C)C(C)OCCl. The first-order valence-corrected chi connectivity index (χ1v) is 3.80. The average molecular weight is 167 g/mol. The Labute approximate surface area is 67.5 Å².